The van der Waals surface area contributed by atoms with Crippen LogP contribution in [0.1, 0.15) is 49.1 Å². The van der Waals surface area contributed by atoms with Gasteiger partial charge >= 0.3 is 6.09 Å². The molecule has 0 aliphatic heterocycles. The number of rotatable bonds is 10. The molecule has 222 valence electrons. The number of phenols is 1. The molecule has 0 saturated heterocycles. The molecule has 3 rings (SSSR count). The van der Waals surface area contributed by atoms with Crippen molar-refractivity contribution < 1.29 is 24.2 Å². The first kappa shape index (κ1) is 32.2. The van der Waals surface area contributed by atoms with Crippen LogP contribution in [0.5, 0.6) is 5.75 Å². The van der Waals surface area contributed by atoms with Gasteiger partial charge in [0.05, 0.1) is 10.7 Å². The highest BCUT2D eigenvalue weighted by Gasteiger charge is 2.37. The standard InChI is InChI=1S/C33H38ClN3O5/c1-7-19-37(31(40)27(35-32(41)42-33(4,5)6)20-23-15-17-24(38)18-16-23)29(25-13-9-8-11-21(25)2)30(39)36-28-22(3)12-10-14-26(28)34/h7-18,27,29,38H,1,19-20H2,2-6H3,(H,35,41)(H,36,39). The number of nitrogens with one attached hydrogen (secondary N) is 2. The van der Waals surface area contributed by atoms with Crippen molar-refractivity contribution in [2.45, 2.75) is 58.7 Å². The first-order valence-electron chi connectivity index (χ1n) is 13.6. The van der Waals surface area contributed by atoms with Crippen LogP contribution in [0.15, 0.2) is 79.4 Å². The third kappa shape index (κ3) is 8.60. The number of hydrogen-bond acceptors (Lipinski definition) is 5. The van der Waals surface area contributed by atoms with E-state index in [-0.39, 0.29) is 18.7 Å². The molecule has 3 amide bonds. The highest BCUT2D eigenvalue weighted by Crippen LogP contribution is 2.31. The SMILES string of the molecule is C=CCN(C(=O)C(Cc1ccc(O)cc1)NC(=O)OC(C)(C)C)C(C(=O)Nc1c(C)cccc1Cl)c1ccccc1C. The molecule has 0 aliphatic rings. The maximum Gasteiger partial charge on any atom is 0.408 e. The molecule has 3 aromatic carbocycles. The van der Waals surface area contributed by atoms with Crippen LogP contribution in [0.25, 0.3) is 0 Å². The number of anilines is 1. The van der Waals surface area contributed by atoms with Gasteiger partial charge in [0.25, 0.3) is 5.91 Å². The van der Waals surface area contributed by atoms with Crippen molar-refractivity contribution in [3.05, 3.63) is 107 Å². The van der Waals surface area contributed by atoms with Crippen LogP contribution >= 0.6 is 11.6 Å². The first-order valence-corrected chi connectivity index (χ1v) is 14.0. The van der Waals surface area contributed by atoms with Crippen molar-refractivity contribution in [2.75, 3.05) is 11.9 Å². The summed E-state index contributed by atoms with van der Waals surface area (Å²) in [5, 5.41) is 15.7. The maximum absolute atomic E-state index is 14.4. The minimum atomic E-state index is -1.11. The summed E-state index contributed by atoms with van der Waals surface area (Å²) >= 11 is 6.43. The Morgan fingerprint density at radius 2 is 1.64 bits per heavy atom. The summed E-state index contributed by atoms with van der Waals surface area (Å²) in [5.41, 5.74) is 2.50. The maximum atomic E-state index is 14.4. The zero-order valence-corrected chi connectivity index (χ0v) is 25.4. The van der Waals surface area contributed by atoms with E-state index in [1.54, 1.807) is 57.2 Å². The summed E-state index contributed by atoms with van der Waals surface area (Å²) in [6.07, 6.45) is 0.835. The fraction of sp³-hybridized carbons (Fsp3) is 0.303. The lowest BCUT2D eigenvalue weighted by molar-refractivity contribution is -0.140. The predicted molar refractivity (Wildman–Crippen MR) is 166 cm³/mol. The molecule has 2 atom stereocenters. The molecule has 0 aromatic heterocycles. The van der Waals surface area contributed by atoms with Crippen LogP contribution in [0, 0.1) is 13.8 Å². The van der Waals surface area contributed by atoms with Crippen LogP contribution in [0.3, 0.4) is 0 Å². The molecule has 3 aromatic rings. The number of benzene rings is 3. The fourth-order valence-corrected chi connectivity index (χ4v) is 4.77. The van der Waals surface area contributed by atoms with Gasteiger partial charge in [0.1, 0.15) is 23.4 Å². The molecular formula is C33H38ClN3O5. The van der Waals surface area contributed by atoms with Gasteiger partial charge in [-0.1, -0.05) is 66.2 Å². The average Bonchev–Trinajstić information content (AvgIpc) is 2.91. The van der Waals surface area contributed by atoms with Gasteiger partial charge in [-0.2, -0.15) is 0 Å². The largest absolute Gasteiger partial charge is 0.508 e. The number of para-hydroxylation sites is 1. The van der Waals surface area contributed by atoms with Gasteiger partial charge < -0.3 is 25.4 Å². The lowest BCUT2D eigenvalue weighted by Gasteiger charge is -2.34. The molecule has 0 heterocycles. The molecule has 0 fully saturated rings. The number of phenolic OH excluding ortho intramolecular Hbond substituents is 1. The van der Waals surface area contributed by atoms with E-state index in [0.29, 0.717) is 21.8 Å². The van der Waals surface area contributed by atoms with Gasteiger partial charge in [0.2, 0.25) is 5.91 Å². The van der Waals surface area contributed by atoms with E-state index in [0.717, 1.165) is 11.1 Å². The second-order valence-corrected chi connectivity index (χ2v) is 11.4. The Bertz CT molecular complexity index is 1410. The van der Waals surface area contributed by atoms with E-state index in [1.165, 1.54) is 23.1 Å². The number of carbonyl (C=O) groups excluding carboxylic acids is 3. The highest BCUT2D eigenvalue weighted by atomic mass is 35.5. The number of nitrogens with zero attached hydrogens (tertiary/aromatic N) is 1. The Hall–Kier alpha value is -4.30. The van der Waals surface area contributed by atoms with Crippen molar-refractivity contribution in [1.82, 2.24) is 10.2 Å². The van der Waals surface area contributed by atoms with Crippen molar-refractivity contribution in [1.29, 1.82) is 0 Å². The van der Waals surface area contributed by atoms with E-state index in [2.05, 4.69) is 17.2 Å². The van der Waals surface area contributed by atoms with Crippen molar-refractivity contribution in [3.63, 3.8) is 0 Å². The Morgan fingerprint density at radius 3 is 2.24 bits per heavy atom. The summed E-state index contributed by atoms with van der Waals surface area (Å²) in [5.74, 6) is -0.925. The minimum Gasteiger partial charge on any atom is -0.508 e. The molecule has 42 heavy (non-hydrogen) atoms. The smallest absolute Gasteiger partial charge is 0.408 e. The van der Waals surface area contributed by atoms with Crippen molar-refractivity contribution in [3.8, 4) is 5.75 Å². The molecule has 0 saturated carbocycles. The minimum absolute atomic E-state index is 0.00876. The third-order valence-corrected chi connectivity index (χ3v) is 6.80. The van der Waals surface area contributed by atoms with Crippen LogP contribution in [0.4, 0.5) is 10.5 Å². The number of hydrogen-bond donors (Lipinski definition) is 3. The lowest BCUT2D eigenvalue weighted by Crippen LogP contribution is -2.53. The van der Waals surface area contributed by atoms with Gasteiger partial charge in [-0.05, 0) is 75.1 Å². The normalized spacial score (nSPS) is 12.5. The van der Waals surface area contributed by atoms with Gasteiger partial charge in [-0.15, -0.1) is 6.58 Å². The first-order chi connectivity index (χ1) is 19.8. The Morgan fingerprint density at radius 1 is 1.00 bits per heavy atom. The quantitative estimate of drug-likeness (QED) is 0.233. The topological polar surface area (TPSA) is 108 Å². The van der Waals surface area contributed by atoms with E-state index in [1.807, 2.05) is 32.0 Å². The Kier molecular flexibility index (Phi) is 10.8. The highest BCUT2D eigenvalue weighted by molar-refractivity contribution is 6.34. The van der Waals surface area contributed by atoms with Crippen molar-refractivity contribution >= 4 is 35.2 Å². The molecule has 0 spiro atoms. The fourth-order valence-electron chi connectivity index (χ4n) is 4.51. The average molecular weight is 592 g/mol. The Balaban J connectivity index is 2.08. The van der Waals surface area contributed by atoms with Gasteiger partial charge in [-0.25, -0.2) is 4.79 Å². The molecule has 3 N–H and O–H groups in total. The molecule has 0 radical (unpaired) electrons. The van der Waals surface area contributed by atoms with Crippen LogP contribution in [-0.2, 0) is 20.7 Å². The predicted octanol–water partition coefficient (Wildman–Crippen LogP) is 6.49. The number of aromatic hydroxyl groups is 1. The zero-order valence-electron chi connectivity index (χ0n) is 24.6. The van der Waals surface area contributed by atoms with Crippen LogP contribution in [-0.4, -0.2) is 46.1 Å². The Labute approximate surface area is 252 Å². The third-order valence-electron chi connectivity index (χ3n) is 6.49. The van der Waals surface area contributed by atoms with E-state index in [9.17, 15) is 19.5 Å². The summed E-state index contributed by atoms with van der Waals surface area (Å²) in [4.78, 5) is 42.7. The number of halogens is 1. The second kappa shape index (κ2) is 14.0. The number of ether oxygens (including phenoxy) is 1. The summed E-state index contributed by atoms with van der Waals surface area (Å²) in [7, 11) is 0. The van der Waals surface area contributed by atoms with E-state index < -0.39 is 35.6 Å². The molecule has 9 heteroatoms. The number of amides is 3. The zero-order chi connectivity index (χ0) is 31.0. The van der Waals surface area contributed by atoms with Gasteiger partial charge in [-0.3, -0.25) is 9.59 Å². The molecule has 8 nitrogen and oxygen atoms in total. The molecule has 2 unspecified atom stereocenters. The van der Waals surface area contributed by atoms with Gasteiger partial charge in [0, 0.05) is 13.0 Å². The summed E-state index contributed by atoms with van der Waals surface area (Å²) in [6.45, 7) is 12.7. The molecule has 0 bridgehead atoms. The summed E-state index contributed by atoms with van der Waals surface area (Å²) in [6, 6.07) is 16.7. The van der Waals surface area contributed by atoms with Gasteiger partial charge in [0.15, 0.2) is 0 Å². The number of aryl methyl sites for hydroxylation is 2. The second-order valence-electron chi connectivity index (χ2n) is 11.0. The van der Waals surface area contributed by atoms with E-state index in [4.69, 9.17) is 16.3 Å². The van der Waals surface area contributed by atoms with Crippen LogP contribution in [0.2, 0.25) is 5.02 Å². The summed E-state index contributed by atoms with van der Waals surface area (Å²) < 4.78 is 5.46. The van der Waals surface area contributed by atoms with Crippen molar-refractivity contribution in [2.24, 2.45) is 0 Å². The molecule has 0 aliphatic carbocycles. The number of carbonyl (C=O) groups is 3. The molecular weight excluding hydrogens is 554 g/mol. The lowest BCUT2D eigenvalue weighted by atomic mass is 9.97. The number of alkyl carbamates (subject to hydrolysis) is 1. The monoisotopic (exact) mass is 591 g/mol. The van der Waals surface area contributed by atoms with E-state index >= 15 is 0 Å². The van der Waals surface area contributed by atoms with Crippen LogP contribution < -0.4 is 10.6 Å².